The Morgan fingerprint density at radius 1 is 0.491 bits per heavy atom. The van der Waals surface area contributed by atoms with Crippen LogP contribution in [0.2, 0.25) is 0 Å². The predicted octanol–water partition coefficient (Wildman–Crippen LogP) is 12.9. The van der Waals surface area contributed by atoms with Gasteiger partial charge in [0.15, 0.2) is 0 Å². The molecular weight excluding hydrogens is 687 g/mol. The van der Waals surface area contributed by atoms with Gasteiger partial charge in [-0.1, -0.05) is 140 Å². The summed E-state index contributed by atoms with van der Waals surface area (Å²) in [5.74, 6) is -0.409. The average Bonchev–Trinajstić information content (AvgIpc) is 3.18. The first kappa shape index (κ1) is 52.8. The topological polar surface area (TPSA) is 83.1 Å². The van der Waals surface area contributed by atoms with Gasteiger partial charge in [-0.15, -0.1) is 0 Å². The Morgan fingerprint density at radius 3 is 1.38 bits per heavy atom. The highest BCUT2D eigenvalue weighted by Gasteiger charge is 2.15. The number of nitrogens with one attached hydrogen (secondary N) is 1. The Bertz CT molecular complexity index is 881. The van der Waals surface area contributed by atoms with E-state index in [1.807, 2.05) is 0 Å². The molecule has 7 nitrogen and oxygen atoms in total. The maximum Gasteiger partial charge on any atom is 0.306 e. The van der Waals surface area contributed by atoms with Crippen molar-refractivity contribution >= 4 is 11.9 Å². The second-order valence-electron chi connectivity index (χ2n) is 14.9. The summed E-state index contributed by atoms with van der Waals surface area (Å²) in [4.78, 5) is 25.0. The Hall–Kier alpha value is -2.22. The SMILES string of the molecule is CCCCC/C=C\C/C=C\CCCCCCCCC(CCCCCCCC/C=C\C/C=C\CCCCC)OC(=O)CCC(=O)NCCOCCOCCOC. The van der Waals surface area contributed by atoms with Crippen molar-refractivity contribution in [2.45, 2.75) is 200 Å². The van der Waals surface area contributed by atoms with Crippen molar-refractivity contribution in [1.82, 2.24) is 5.32 Å². The van der Waals surface area contributed by atoms with Crippen molar-refractivity contribution in [2.24, 2.45) is 0 Å². The summed E-state index contributed by atoms with van der Waals surface area (Å²) in [6.07, 6.45) is 49.9. The number of carbonyl (C=O) groups excluding carboxylic acids is 2. The van der Waals surface area contributed by atoms with Crippen LogP contribution in [0.5, 0.6) is 0 Å². The summed E-state index contributed by atoms with van der Waals surface area (Å²) in [6.45, 7) is 7.39. The zero-order chi connectivity index (χ0) is 40.0. The average molecular weight is 774 g/mol. The van der Waals surface area contributed by atoms with Crippen molar-refractivity contribution in [1.29, 1.82) is 0 Å². The number of hydrogen-bond donors (Lipinski definition) is 1. The molecule has 0 rings (SSSR count). The second kappa shape index (κ2) is 46.2. The van der Waals surface area contributed by atoms with E-state index < -0.39 is 0 Å². The molecule has 0 atom stereocenters. The number of carbonyl (C=O) groups is 2. The van der Waals surface area contributed by atoms with E-state index in [4.69, 9.17) is 18.9 Å². The highest BCUT2D eigenvalue weighted by Crippen LogP contribution is 2.18. The van der Waals surface area contributed by atoms with Crippen LogP contribution < -0.4 is 5.32 Å². The highest BCUT2D eigenvalue weighted by molar-refractivity contribution is 5.81. The number of rotatable bonds is 43. The van der Waals surface area contributed by atoms with Crippen molar-refractivity contribution in [3.8, 4) is 0 Å². The van der Waals surface area contributed by atoms with Gasteiger partial charge in [-0.3, -0.25) is 9.59 Å². The molecule has 0 spiro atoms. The molecule has 0 aliphatic rings. The summed E-state index contributed by atoms with van der Waals surface area (Å²) in [5.41, 5.74) is 0. The lowest BCUT2D eigenvalue weighted by Crippen LogP contribution is -2.28. The van der Waals surface area contributed by atoms with Gasteiger partial charge in [-0.25, -0.2) is 0 Å². The normalized spacial score (nSPS) is 12.1. The molecule has 0 aromatic carbocycles. The molecule has 0 fully saturated rings. The third-order valence-corrected chi connectivity index (χ3v) is 9.68. The molecule has 0 aliphatic heterocycles. The first-order chi connectivity index (χ1) is 27.1. The van der Waals surface area contributed by atoms with Crippen LogP contribution >= 0.6 is 0 Å². The number of amides is 1. The van der Waals surface area contributed by atoms with Crippen LogP contribution in [0, 0.1) is 0 Å². The van der Waals surface area contributed by atoms with Gasteiger partial charge >= 0.3 is 5.97 Å². The Morgan fingerprint density at radius 2 is 0.909 bits per heavy atom. The lowest BCUT2D eigenvalue weighted by Gasteiger charge is -2.18. The van der Waals surface area contributed by atoms with E-state index in [0.29, 0.717) is 39.6 Å². The number of esters is 1. The third kappa shape index (κ3) is 44.4. The quantitative estimate of drug-likeness (QED) is 0.0377. The molecule has 0 heterocycles. The molecule has 0 aliphatic carbocycles. The predicted molar refractivity (Wildman–Crippen MR) is 234 cm³/mol. The van der Waals surface area contributed by atoms with Crippen LogP contribution in [0.25, 0.3) is 0 Å². The van der Waals surface area contributed by atoms with Gasteiger partial charge in [0.05, 0.1) is 39.5 Å². The van der Waals surface area contributed by atoms with Gasteiger partial charge < -0.3 is 24.3 Å². The zero-order valence-corrected chi connectivity index (χ0v) is 36.2. The van der Waals surface area contributed by atoms with E-state index in [2.05, 4.69) is 67.8 Å². The third-order valence-electron chi connectivity index (χ3n) is 9.68. The largest absolute Gasteiger partial charge is 0.462 e. The lowest BCUT2D eigenvalue weighted by molar-refractivity contribution is -0.151. The fourth-order valence-electron chi connectivity index (χ4n) is 6.26. The maximum atomic E-state index is 12.8. The van der Waals surface area contributed by atoms with Gasteiger partial charge in [0.25, 0.3) is 0 Å². The Kier molecular flexibility index (Phi) is 44.3. The summed E-state index contributed by atoms with van der Waals surface area (Å²) < 4.78 is 21.7. The van der Waals surface area contributed by atoms with Gasteiger partial charge in [-0.05, 0) is 89.9 Å². The summed E-state index contributed by atoms with van der Waals surface area (Å²) >= 11 is 0. The fraction of sp³-hybridized carbons (Fsp3) is 0.792. The molecule has 0 unspecified atom stereocenters. The van der Waals surface area contributed by atoms with E-state index >= 15 is 0 Å². The monoisotopic (exact) mass is 774 g/mol. The molecule has 0 bridgehead atoms. The summed E-state index contributed by atoms with van der Waals surface area (Å²) in [7, 11) is 1.64. The molecular formula is C48H87NO6. The van der Waals surface area contributed by atoms with Crippen LogP contribution in [-0.2, 0) is 28.5 Å². The molecule has 55 heavy (non-hydrogen) atoms. The van der Waals surface area contributed by atoms with E-state index in [-0.39, 0.29) is 30.8 Å². The first-order valence-corrected chi connectivity index (χ1v) is 22.8. The van der Waals surface area contributed by atoms with Gasteiger partial charge in [0, 0.05) is 20.1 Å². The van der Waals surface area contributed by atoms with Crippen molar-refractivity contribution in [2.75, 3.05) is 46.7 Å². The van der Waals surface area contributed by atoms with Gasteiger partial charge in [0.2, 0.25) is 5.91 Å². The number of methoxy groups -OCH3 is 1. The van der Waals surface area contributed by atoms with Crippen LogP contribution in [0.1, 0.15) is 194 Å². The summed E-state index contributed by atoms with van der Waals surface area (Å²) in [5, 5.41) is 2.83. The van der Waals surface area contributed by atoms with Crippen molar-refractivity contribution < 1.29 is 28.5 Å². The smallest absolute Gasteiger partial charge is 0.306 e. The molecule has 7 heteroatoms. The molecule has 0 aromatic heterocycles. The molecule has 1 amide bonds. The number of hydrogen-bond acceptors (Lipinski definition) is 6. The number of ether oxygens (including phenoxy) is 4. The van der Waals surface area contributed by atoms with Crippen molar-refractivity contribution in [3.63, 3.8) is 0 Å². The second-order valence-corrected chi connectivity index (χ2v) is 14.9. The first-order valence-electron chi connectivity index (χ1n) is 22.8. The molecule has 0 saturated heterocycles. The van der Waals surface area contributed by atoms with Crippen molar-refractivity contribution in [3.05, 3.63) is 48.6 Å². The van der Waals surface area contributed by atoms with Crippen LogP contribution in [0.15, 0.2) is 48.6 Å². The number of unbranched alkanes of at least 4 members (excludes halogenated alkanes) is 18. The molecule has 320 valence electrons. The standard InChI is InChI=1S/C48H87NO6/c1-4-6-8-10-12-14-16-18-20-22-24-26-28-30-32-34-36-46(37-35-33-31-29-27-25-23-21-19-17-15-13-11-9-7-5-2)55-48(51)39-38-47(50)49-40-41-53-44-45-54-43-42-52-3/h12-15,18-21,46H,4-11,16-17,22-45H2,1-3H3,(H,49,50)/b14-12-,15-13-,20-18-,21-19-. The van der Waals surface area contributed by atoms with Crippen LogP contribution in [-0.4, -0.2) is 64.7 Å². The van der Waals surface area contributed by atoms with Crippen LogP contribution in [0.3, 0.4) is 0 Å². The van der Waals surface area contributed by atoms with Gasteiger partial charge in [-0.2, -0.15) is 0 Å². The number of allylic oxidation sites excluding steroid dienone is 8. The Balaban J connectivity index is 4.30. The molecule has 0 aromatic rings. The summed E-state index contributed by atoms with van der Waals surface area (Å²) in [6, 6.07) is 0. The highest BCUT2D eigenvalue weighted by atomic mass is 16.5. The lowest BCUT2D eigenvalue weighted by atomic mass is 10.0. The minimum Gasteiger partial charge on any atom is -0.462 e. The molecule has 0 radical (unpaired) electrons. The minimum absolute atomic E-state index is 0.0493. The maximum absolute atomic E-state index is 12.8. The molecule has 0 saturated carbocycles. The Labute approximate surface area is 339 Å². The van der Waals surface area contributed by atoms with E-state index in [0.717, 1.165) is 38.5 Å². The molecule has 1 N–H and O–H groups in total. The van der Waals surface area contributed by atoms with E-state index in [9.17, 15) is 9.59 Å². The fourth-order valence-corrected chi connectivity index (χ4v) is 6.26. The van der Waals surface area contributed by atoms with E-state index in [1.54, 1.807) is 7.11 Å². The zero-order valence-electron chi connectivity index (χ0n) is 36.2. The minimum atomic E-state index is -0.260. The van der Waals surface area contributed by atoms with Crippen LogP contribution in [0.4, 0.5) is 0 Å². The van der Waals surface area contributed by atoms with E-state index in [1.165, 1.54) is 128 Å². The van der Waals surface area contributed by atoms with Gasteiger partial charge in [0.1, 0.15) is 6.10 Å².